The van der Waals surface area contributed by atoms with E-state index in [-0.39, 0.29) is 12.2 Å². The van der Waals surface area contributed by atoms with Crippen molar-refractivity contribution in [3.8, 4) is 0 Å². The lowest BCUT2D eigenvalue weighted by Crippen LogP contribution is -2.25. The summed E-state index contributed by atoms with van der Waals surface area (Å²) in [5, 5.41) is 16.8. The largest absolute Gasteiger partial charge is 0.479 e. The third-order valence-electron chi connectivity index (χ3n) is 1.32. The zero-order chi connectivity index (χ0) is 8.43. The zero-order valence-corrected chi connectivity index (χ0v) is 5.48. The Morgan fingerprint density at radius 3 is 2.55 bits per heavy atom. The molecule has 0 saturated carbocycles. The SMILES string of the molecule is O=C(O)C1=CCOC1C(=O)O. The lowest BCUT2D eigenvalue weighted by atomic mass is 10.1. The summed E-state index contributed by atoms with van der Waals surface area (Å²) < 4.78 is 4.62. The van der Waals surface area contributed by atoms with Gasteiger partial charge in [-0.05, 0) is 6.08 Å². The number of hydrogen-bond acceptors (Lipinski definition) is 3. The van der Waals surface area contributed by atoms with E-state index in [9.17, 15) is 9.59 Å². The average Bonchev–Trinajstić information content (AvgIpc) is 2.32. The zero-order valence-electron chi connectivity index (χ0n) is 5.48. The van der Waals surface area contributed by atoms with Crippen molar-refractivity contribution >= 4 is 11.9 Å². The maximum Gasteiger partial charge on any atom is 0.337 e. The minimum atomic E-state index is -1.30. The Morgan fingerprint density at radius 1 is 1.55 bits per heavy atom. The molecule has 0 aromatic carbocycles. The number of ether oxygens (including phenoxy) is 1. The highest BCUT2D eigenvalue weighted by Crippen LogP contribution is 2.14. The summed E-state index contributed by atoms with van der Waals surface area (Å²) >= 11 is 0. The fraction of sp³-hybridized carbons (Fsp3) is 0.333. The molecule has 1 atom stereocenters. The number of rotatable bonds is 2. The molecule has 0 aliphatic carbocycles. The molecule has 0 amide bonds. The maximum atomic E-state index is 10.3. The van der Waals surface area contributed by atoms with E-state index in [0.717, 1.165) is 0 Å². The average molecular weight is 158 g/mol. The van der Waals surface area contributed by atoms with Gasteiger partial charge in [0, 0.05) is 0 Å². The second kappa shape index (κ2) is 2.71. The molecule has 0 bridgehead atoms. The normalized spacial score (nSPS) is 22.9. The van der Waals surface area contributed by atoms with Gasteiger partial charge >= 0.3 is 11.9 Å². The Kier molecular flexibility index (Phi) is 1.91. The second-order valence-corrected chi connectivity index (χ2v) is 2.02. The van der Waals surface area contributed by atoms with Crippen LogP contribution in [0.5, 0.6) is 0 Å². The van der Waals surface area contributed by atoms with Gasteiger partial charge in [-0.15, -0.1) is 0 Å². The van der Waals surface area contributed by atoms with Crippen LogP contribution in [0, 0.1) is 0 Å². The van der Waals surface area contributed by atoms with Gasteiger partial charge in [-0.1, -0.05) is 0 Å². The van der Waals surface area contributed by atoms with E-state index in [1.807, 2.05) is 0 Å². The topological polar surface area (TPSA) is 83.8 Å². The predicted octanol–water partition coefficient (Wildman–Crippen LogP) is -0.519. The quantitative estimate of drug-likeness (QED) is 0.565. The Labute approximate surface area is 61.9 Å². The minimum Gasteiger partial charge on any atom is -0.479 e. The third-order valence-corrected chi connectivity index (χ3v) is 1.32. The molecule has 0 fully saturated rings. The van der Waals surface area contributed by atoms with Crippen LogP contribution in [0.25, 0.3) is 0 Å². The van der Waals surface area contributed by atoms with E-state index in [1.165, 1.54) is 6.08 Å². The van der Waals surface area contributed by atoms with Crippen molar-refractivity contribution in [3.63, 3.8) is 0 Å². The summed E-state index contributed by atoms with van der Waals surface area (Å²) in [6.45, 7) is 0.0542. The van der Waals surface area contributed by atoms with Crippen molar-refractivity contribution in [2.24, 2.45) is 0 Å². The summed E-state index contributed by atoms with van der Waals surface area (Å²) in [4.78, 5) is 20.6. The first-order valence-electron chi connectivity index (χ1n) is 2.90. The highest BCUT2D eigenvalue weighted by Gasteiger charge is 2.31. The van der Waals surface area contributed by atoms with Crippen LogP contribution in [-0.2, 0) is 14.3 Å². The van der Waals surface area contributed by atoms with E-state index >= 15 is 0 Å². The number of hydrogen-bond donors (Lipinski definition) is 2. The van der Waals surface area contributed by atoms with E-state index in [0.29, 0.717) is 0 Å². The van der Waals surface area contributed by atoms with E-state index in [4.69, 9.17) is 10.2 Å². The third kappa shape index (κ3) is 1.38. The van der Waals surface area contributed by atoms with Crippen molar-refractivity contribution in [1.82, 2.24) is 0 Å². The van der Waals surface area contributed by atoms with Gasteiger partial charge in [0.25, 0.3) is 0 Å². The van der Waals surface area contributed by atoms with Gasteiger partial charge < -0.3 is 14.9 Å². The van der Waals surface area contributed by atoms with Gasteiger partial charge in [-0.25, -0.2) is 9.59 Å². The van der Waals surface area contributed by atoms with Crippen molar-refractivity contribution in [3.05, 3.63) is 11.6 Å². The monoisotopic (exact) mass is 158 g/mol. The summed E-state index contributed by atoms with van der Waals surface area (Å²) in [7, 11) is 0. The van der Waals surface area contributed by atoms with Crippen molar-refractivity contribution in [1.29, 1.82) is 0 Å². The van der Waals surface area contributed by atoms with E-state index in [1.54, 1.807) is 0 Å². The van der Waals surface area contributed by atoms with Gasteiger partial charge in [0.05, 0.1) is 12.2 Å². The number of carboxylic acid groups (broad SMARTS) is 2. The van der Waals surface area contributed by atoms with Crippen LogP contribution in [0.2, 0.25) is 0 Å². The van der Waals surface area contributed by atoms with Crippen molar-refractivity contribution < 1.29 is 24.5 Å². The number of carboxylic acids is 2. The van der Waals surface area contributed by atoms with Gasteiger partial charge in [-0.3, -0.25) is 0 Å². The second-order valence-electron chi connectivity index (χ2n) is 2.02. The summed E-state index contributed by atoms with van der Waals surface area (Å²) in [6, 6.07) is 0. The van der Waals surface area contributed by atoms with E-state index in [2.05, 4.69) is 4.74 Å². The molecule has 0 spiro atoms. The van der Waals surface area contributed by atoms with Gasteiger partial charge in [0.15, 0.2) is 6.10 Å². The molecule has 0 aromatic heterocycles. The van der Waals surface area contributed by atoms with Crippen LogP contribution in [-0.4, -0.2) is 34.9 Å². The molecule has 0 saturated heterocycles. The molecular weight excluding hydrogens is 152 g/mol. The molecule has 1 rings (SSSR count). The molecule has 1 heterocycles. The van der Waals surface area contributed by atoms with Crippen LogP contribution < -0.4 is 0 Å². The van der Waals surface area contributed by atoms with Crippen LogP contribution in [0.4, 0.5) is 0 Å². The highest BCUT2D eigenvalue weighted by atomic mass is 16.5. The molecule has 5 heteroatoms. The summed E-state index contributed by atoms with van der Waals surface area (Å²) in [5.41, 5.74) is -0.197. The number of carbonyl (C=O) groups is 2. The molecule has 1 aliphatic heterocycles. The van der Waals surface area contributed by atoms with Crippen LogP contribution in [0.15, 0.2) is 11.6 Å². The molecule has 1 unspecified atom stereocenters. The first kappa shape index (κ1) is 7.74. The first-order valence-corrected chi connectivity index (χ1v) is 2.90. The van der Waals surface area contributed by atoms with Gasteiger partial charge in [0.2, 0.25) is 0 Å². The summed E-state index contributed by atoms with van der Waals surface area (Å²) in [6.07, 6.45) is -0.0475. The van der Waals surface area contributed by atoms with Crippen molar-refractivity contribution in [2.45, 2.75) is 6.10 Å². The Morgan fingerprint density at radius 2 is 2.18 bits per heavy atom. The predicted molar refractivity (Wildman–Crippen MR) is 33.1 cm³/mol. The van der Waals surface area contributed by atoms with Gasteiger partial charge in [0.1, 0.15) is 0 Å². The van der Waals surface area contributed by atoms with Gasteiger partial charge in [-0.2, -0.15) is 0 Å². The Hall–Kier alpha value is -1.36. The molecule has 60 valence electrons. The lowest BCUT2D eigenvalue weighted by molar-refractivity contribution is -0.149. The first-order chi connectivity index (χ1) is 5.13. The van der Waals surface area contributed by atoms with Crippen LogP contribution in [0.1, 0.15) is 0 Å². The minimum absolute atomic E-state index is 0.0542. The smallest absolute Gasteiger partial charge is 0.337 e. The molecule has 1 aliphatic rings. The molecule has 0 radical (unpaired) electrons. The fourth-order valence-corrected chi connectivity index (χ4v) is 0.835. The van der Waals surface area contributed by atoms with E-state index < -0.39 is 18.0 Å². The molecule has 5 nitrogen and oxygen atoms in total. The standard InChI is InChI=1S/C6H6O5/c7-5(8)3-1-2-11-4(3)6(9)10/h1,4H,2H2,(H,7,8)(H,9,10). The molecule has 11 heavy (non-hydrogen) atoms. The fourth-order valence-electron chi connectivity index (χ4n) is 0.835. The molecule has 2 N–H and O–H groups in total. The Bertz CT molecular complexity index is 229. The highest BCUT2D eigenvalue weighted by molar-refractivity contribution is 5.96. The van der Waals surface area contributed by atoms with Crippen LogP contribution >= 0.6 is 0 Å². The molecule has 0 aromatic rings. The van der Waals surface area contributed by atoms with Crippen molar-refractivity contribution in [2.75, 3.05) is 6.61 Å². The maximum absolute atomic E-state index is 10.3. The molecular formula is C6H6O5. The lowest BCUT2D eigenvalue weighted by Gasteiger charge is -2.04. The summed E-state index contributed by atoms with van der Waals surface area (Å²) in [5.74, 6) is -2.51. The Balaban J connectivity index is 2.79. The number of aliphatic carboxylic acids is 2. The van der Waals surface area contributed by atoms with Crippen LogP contribution in [0.3, 0.4) is 0 Å².